The summed E-state index contributed by atoms with van der Waals surface area (Å²) in [6.45, 7) is 0. The van der Waals surface area contributed by atoms with Gasteiger partial charge in [0.1, 0.15) is 12.4 Å². The maximum Gasteiger partial charge on any atom is 0.190 e. The van der Waals surface area contributed by atoms with Crippen molar-refractivity contribution in [3.8, 4) is 6.07 Å². The maximum absolute atomic E-state index is 8.99. The van der Waals surface area contributed by atoms with E-state index in [-0.39, 0.29) is 0 Å². The van der Waals surface area contributed by atoms with E-state index in [2.05, 4.69) is 32.1 Å². The van der Waals surface area contributed by atoms with Crippen LogP contribution in [0.2, 0.25) is 0 Å². The first-order valence-corrected chi connectivity index (χ1v) is 6.03. The van der Waals surface area contributed by atoms with Gasteiger partial charge in [0.25, 0.3) is 0 Å². The van der Waals surface area contributed by atoms with Gasteiger partial charge in [-0.15, -0.1) is 0 Å². The van der Waals surface area contributed by atoms with E-state index in [0.717, 1.165) is 14.5 Å². The van der Waals surface area contributed by atoms with Crippen molar-refractivity contribution in [3.05, 3.63) is 34.6 Å². The molecule has 1 aromatic heterocycles. The van der Waals surface area contributed by atoms with E-state index in [9.17, 15) is 0 Å². The van der Waals surface area contributed by atoms with Gasteiger partial charge < -0.3 is 0 Å². The molecule has 6 heteroatoms. The lowest BCUT2D eigenvalue weighted by atomic mass is 10.2. The molecule has 0 atom stereocenters. The fourth-order valence-corrected chi connectivity index (χ4v) is 2.55. The van der Waals surface area contributed by atoms with Crippen molar-refractivity contribution in [2.75, 3.05) is 0 Å². The molecule has 0 amide bonds. The van der Waals surface area contributed by atoms with Gasteiger partial charge in [0, 0.05) is 16.4 Å². The summed E-state index contributed by atoms with van der Waals surface area (Å²) in [5, 5.41) is 13.7. The van der Waals surface area contributed by atoms with Gasteiger partial charge in [0.15, 0.2) is 5.16 Å². The third-order valence-corrected chi connectivity index (χ3v) is 3.54. The van der Waals surface area contributed by atoms with E-state index in [1.807, 2.05) is 19.2 Å². The molecule has 0 saturated heterocycles. The molecule has 0 N–H and O–H groups in total. The molecule has 2 aromatic rings. The summed E-state index contributed by atoms with van der Waals surface area (Å²) < 4.78 is 2.61. The maximum atomic E-state index is 8.99. The molecule has 0 saturated carbocycles. The monoisotopic (exact) mass is 294 g/mol. The van der Waals surface area contributed by atoms with Crippen LogP contribution >= 0.6 is 27.7 Å². The van der Waals surface area contributed by atoms with Crippen molar-refractivity contribution in [2.45, 2.75) is 10.1 Å². The third kappa shape index (κ3) is 2.26. The molecule has 80 valence electrons. The van der Waals surface area contributed by atoms with Crippen LogP contribution in [0.25, 0.3) is 0 Å². The Morgan fingerprint density at radius 2 is 2.31 bits per heavy atom. The van der Waals surface area contributed by atoms with E-state index in [4.69, 9.17) is 5.26 Å². The molecule has 0 aliphatic carbocycles. The zero-order valence-electron chi connectivity index (χ0n) is 8.38. The summed E-state index contributed by atoms with van der Waals surface area (Å²) in [5.74, 6) is 0. The number of hydrogen-bond donors (Lipinski definition) is 0. The molecule has 2 rings (SSSR count). The molecule has 0 aliphatic rings. The standard InChI is InChI=1S/C10H7BrN4S/c1-15-10(13-6-14-15)16-9-4-8(11)3-2-7(9)5-12/h2-4,6H,1H3. The first kappa shape index (κ1) is 11.2. The molecule has 0 spiro atoms. The first-order chi connectivity index (χ1) is 7.70. The van der Waals surface area contributed by atoms with Crippen LogP contribution in [0.15, 0.2) is 39.1 Å². The molecular weight excluding hydrogens is 288 g/mol. The van der Waals surface area contributed by atoms with Gasteiger partial charge in [0.05, 0.1) is 5.56 Å². The van der Waals surface area contributed by atoms with E-state index in [0.29, 0.717) is 5.56 Å². The van der Waals surface area contributed by atoms with Crippen LogP contribution in [0.5, 0.6) is 0 Å². The summed E-state index contributed by atoms with van der Waals surface area (Å²) in [6, 6.07) is 7.68. The highest BCUT2D eigenvalue weighted by Crippen LogP contribution is 2.30. The van der Waals surface area contributed by atoms with E-state index >= 15 is 0 Å². The molecule has 0 bridgehead atoms. The van der Waals surface area contributed by atoms with Crippen molar-refractivity contribution < 1.29 is 0 Å². The zero-order valence-corrected chi connectivity index (χ0v) is 10.8. The van der Waals surface area contributed by atoms with Crippen LogP contribution in [0.3, 0.4) is 0 Å². The minimum atomic E-state index is 0.635. The molecule has 0 aliphatic heterocycles. The average molecular weight is 295 g/mol. The lowest BCUT2D eigenvalue weighted by Crippen LogP contribution is -1.93. The zero-order chi connectivity index (χ0) is 11.5. The number of nitrogens with zero attached hydrogens (tertiary/aromatic N) is 4. The van der Waals surface area contributed by atoms with Gasteiger partial charge in [-0.2, -0.15) is 10.4 Å². The summed E-state index contributed by atoms with van der Waals surface area (Å²) in [4.78, 5) is 4.97. The van der Waals surface area contributed by atoms with E-state index in [1.165, 1.54) is 18.1 Å². The van der Waals surface area contributed by atoms with Crippen molar-refractivity contribution >= 4 is 27.7 Å². The van der Waals surface area contributed by atoms with Crippen LogP contribution in [0, 0.1) is 11.3 Å². The Labute approximate surface area is 105 Å². The molecule has 0 unspecified atom stereocenters. The quantitative estimate of drug-likeness (QED) is 0.854. The smallest absolute Gasteiger partial charge is 0.190 e. The average Bonchev–Trinajstić information content (AvgIpc) is 2.65. The largest absolute Gasteiger partial charge is 0.244 e. The summed E-state index contributed by atoms with van der Waals surface area (Å²) in [5.41, 5.74) is 0.635. The van der Waals surface area contributed by atoms with Crippen LogP contribution in [0.4, 0.5) is 0 Å². The topological polar surface area (TPSA) is 54.5 Å². The highest BCUT2D eigenvalue weighted by Gasteiger charge is 2.08. The predicted octanol–water partition coefficient (Wildman–Crippen LogP) is 2.60. The summed E-state index contributed by atoms with van der Waals surface area (Å²) in [7, 11) is 1.82. The lowest BCUT2D eigenvalue weighted by molar-refractivity contribution is 0.685. The fourth-order valence-electron chi connectivity index (χ4n) is 1.15. The second kappa shape index (κ2) is 4.68. The molecule has 0 fully saturated rings. The fraction of sp³-hybridized carbons (Fsp3) is 0.100. The molecule has 0 radical (unpaired) electrons. The van der Waals surface area contributed by atoms with Crippen LogP contribution < -0.4 is 0 Å². The van der Waals surface area contributed by atoms with Crippen molar-refractivity contribution in [1.29, 1.82) is 5.26 Å². The molecule has 1 aromatic carbocycles. The minimum absolute atomic E-state index is 0.635. The van der Waals surface area contributed by atoms with Crippen molar-refractivity contribution in [3.63, 3.8) is 0 Å². The van der Waals surface area contributed by atoms with Gasteiger partial charge in [0.2, 0.25) is 0 Å². The van der Waals surface area contributed by atoms with Gasteiger partial charge in [-0.1, -0.05) is 15.9 Å². The molecular formula is C10H7BrN4S. The SMILES string of the molecule is Cn1ncnc1Sc1cc(Br)ccc1C#N. The van der Waals surface area contributed by atoms with Crippen molar-refractivity contribution in [1.82, 2.24) is 14.8 Å². The third-order valence-electron chi connectivity index (χ3n) is 1.94. The van der Waals surface area contributed by atoms with Gasteiger partial charge in [-0.3, -0.25) is 0 Å². The van der Waals surface area contributed by atoms with Gasteiger partial charge in [-0.05, 0) is 30.0 Å². The lowest BCUT2D eigenvalue weighted by Gasteiger charge is -2.03. The van der Waals surface area contributed by atoms with Crippen LogP contribution in [0.1, 0.15) is 5.56 Å². The minimum Gasteiger partial charge on any atom is -0.244 e. The van der Waals surface area contributed by atoms with Crippen LogP contribution in [-0.2, 0) is 7.05 Å². The molecule has 16 heavy (non-hydrogen) atoms. The first-order valence-electron chi connectivity index (χ1n) is 4.42. The number of nitriles is 1. The van der Waals surface area contributed by atoms with Crippen molar-refractivity contribution in [2.24, 2.45) is 7.05 Å². The van der Waals surface area contributed by atoms with Gasteiger partial charge in [-0.25, -0.2) is 9.67 Å². The predicted molar refractivity (Wildman–Crippen MR) is 64.0 cm³/mol. The molecule has 4 nitrogen and oxygen atoms in total. The van der Waals surface area contributed by atoms with E-state index < -0.39 is 0 Å². The Morgan fingerprint density at radius 1 is 1.50 bits per heavy atom. The van der Waals surface area contributed by atoms with Crippen LogP contribution in [-0.4, -0.2) is 14.8 Å². The summed E-state index contributed by atoms with van der Waals surface area (Å²) >= 11 is 4.81. The number of halogens is 1. The summed E-state index contributed by atoms with van der Waals surface area (Å²) in [6.07, 6.45) is 1.49. The second-order valence-electron chi connectivity index (χ2n) is 3.02. The normalized spacial score (nSPS) is 10.1. The highest BCUT2D eigenvalue weighted by atomic mass is 79.9. The Bertz CT molecular complexity index is 558. The number of rotatable bonds is 2. The highest BCUT2D eigenvalue weighted by molar-refractivity contribution is 9.10. The Morgan fingerprint density at radius 3 is 2.94 bits per heavy atom. The number of aromatic nitrogens is 3. The molecule has 1 heterocycles. The number of hydrogen-bond acceptors (Lipinski definition) is 4. The van der Waals surface area contributed by atoms with Gasteiger partial charge >= 0.3 is 0 Å². The Hall–Kier alpha value is -1.32. The Balaban J connectivity index is 2.38. The second-order valence-corrected chi connectivity index (χ2v) is 4.95. The van der Waals surface area contributed by atoms with E-state index in [1.54, 1.807) is 10.7 Å². The number of aryl methyl sites for hydroxylation is 1. The Kier molecular flexibility index (Phi) is 3.27. The number of benzene rings is 1.